The number of carbonyl (C=O) groups excluding carboxylic acids is 1. The molecule has 7 heteroatoms. The zero-order valence-electron chi connectivity index (χ0n) is 16.6. The summed E-state index contributed by atoms with van der Waals surface area (Å²) in [4.78, 5) is 30.9. The molecule has 0 spiro atoms. The minimum atomic E-state index is -0.230. The Bertz CT molecular complexity index is 1240. The summed E-state index contributed by atoms with van der Waals surface area (Å²) < 4.78 is 12.0. The van der Waals surface area contributed by atoms with Gasteiger partial charge in [0.15, 0.2) is 5.78 Å². The first-order valence-electron chi connectivity index (χ1n) is 9.48. The van der Waals surface area contributed by atoms with Gasteiger partial charge in [0, 0.05) is 16.5 Å². The predicted octanol–water partition coefficient (Wildman–Crippen LogP) is 4.42. The maximum atomic E-state index is 13.2. The summed E-state index contributed by atoms with van der Waals surface area (Å²) in [5, 5.41) is 2.44. The van der Waals surface area contributed by atoms with Crippen molar-refractivity contribution in [2.75, 3.05) is 13.7 Å². The lowest BCUT2D eigenvalue weighted by molar-refractivity contribution is 0.0970. The standard InChI is InChI=1S/C23H20N2O4S/c1-3-29-18-10-4-15(5-11-18)19-13-30-22-21(19)23(27)25(14-24-22)12-20(26)16-6-8-17(28-2)9-7-16/h4-11,13-14H,3,12H2,1-2H3. The number of ether oxygens (including phenoxy) is 2. The highest BCUT2D eigenvalue weighted by molar-refractivity contribution is 7.17. The number of methoxy groups -OCH3 is 1. The third-order valence-corrected chi connectivity index (χ3v) is 5.65. The number of ketones is 1. The van der Waals surface area contributed by atoms with E-state index in [0.29, 0.717) is 28.1 Å². The van der Waals surface area contributed by atoms with Crippen LogP contribution in [-0.2, 0) is 6.54 Å². The largest absolute Gasteiger partial charge is 0.497 e. The minimum Gasteiger partial charge on any atom is -0.497 e. The number of fused-ring (bicyclic) bond motifs is 1. The Kier molecular flexibility index (Phi) is 5.63. The van der Waals surface area contributed by atoms with Gasteiger partial charge in [-0.1, -0.05) is 12.1 Å². The summed E-state index contributed by atoms with van der Waals surface area (Å²) in [5.74, 6) is 1.28. The van der Waals surface area contributed by atoms with Crippen molar-refractivity contribution in [2.45, 2.75) is 13.5 Å². The Balaban J connectivity index is 1.67. The van der Waals surface area contributed by atoms with E-state index in [2.05, 4.69) is 4.98 Å². The number of thiophene rings is 1. The second-order valence-electron chi connectivity index (χ2n) is 6.62. The second kappa shape index (κ2) is 8.51. The van der Waals surface area contributed by atoms with Crippen LogP contribution in [0, 0.1) is 0 Å². The van der Waals surface area contributed by atoms with Gasteiger partial charge in [-0.2, -0.15) is 0 Å². The van der Waals surface area contributed by atoms with Gasteiger partial charge >= 0.3 is 0 Å². The van der Waals surface area contributed by atoms with Crippen molar-refractivity contribution in [3.63, 3.8) is 0 Å². The van der Waals surface area contributed by atoms with Gasteiger partial charge in [-0.05, 0) is 48.9 Å². The van der Waals surface area contributed by atoms with Crippen molar-refractivity contribution in [1.29, 1.82) is 0 Å². The van der Waals surface area contributed by atoms with E-state index >= 15 is 0 Å². The summed E-state index contributed by atoms with van der Waals surface area (Å²) in [7, 11) is 1.57. The molecule has 152 valence electrons. The molecule has 0 amide bonds. The van der Waals surface area contributed by atoms with E-state index in [4.69, 9.17) is 9.47 Å². The molecule has 0 aliphatic carbocycles. The van der Waals surface area contributed by atoms with Gasteiger partial charge in [-0.15, -0.1) is 11.3 Å². The fraction of sp³-hybridized carbons (Fsp3) is 0.174. The van der Waals surface area contributed by atoms with Crippen molar-refractivity contribution >= 4 is 27.3 Å². The van der Waals surface area contributed by atoms with Crippen LogP contribution in [0.3, 0.4) is 0 Å². The van der Waals surface area contributed by atoms with E-state index in [1.165, 1.54) is 22.2 Å². The van der Waals surface area contributed by atoms with Crippen LogP contribution in [0.15, 0.2) is 65.0 Å². The zero-order chi connectivity index (χ0) is 21.1. The molecule has 2 aromatic carbocycles. The van der Waals surface area contributed by atoms with Gasteiger partial charge < -0.3 is 9.47 Å². The first kappa shape index (κ1) is 19.8. The van der Waals surface area contributed by atoms with E-state index in [1.807, 2.05) is 36.6 Å². The lowest BCUT2D eigenvalue weighted by Gasteiger charge is -2.07. The van der Waals surface area contributed by atoms with Crippen LogP contribution in [0.1, 0.15) is 17.3 Å². The lowest BCUT2D eigenvalue weighted by Crippen LogP contribution is -2.24. The van der Waals surface area contributed by atoms with E-state index in [0.717, 1.165) is 16.9 Å². The number of benzene rings is 2. The Hall–Kier alpha value is -3.45. The van der Waals surface area contributed by atoms with Crippen LogP contribution < -0.4 is 15.0 Å². The molecular formula is C23H20N2O4S. The third-order valence-electron chi connectivity index (χ3n) is 4.76. The van der Waals surface area contributed by atoms with Crippen LogP contribution in [0.2, 0.25) is 0 Å². The normalized spacial score (nSPS) is 10.9. The highest BCUT2D eigenvalue weighted by Gasteiger charge is 2.15. The molecule has 0 saturated heterocycles. The number of nitrogens with zero attached hydrogens (tertiary/aromatic N) is 2. The highest BCUT2D eigenvalue weighted by atomic mass is 32.1. The van der Waals surface area contributed by atoms with Crippen LogP contribution in [0.25, 0.3) is 21.3 Å². The van der Waals surface area contributed by atoms with Gasteiger partial charge in [0.1, 0.15) is 16.3 Å². The molecule has 0 unspecified atom stereocenters. The van der Waals surface area contributed by atoms with Crippen LogP contribution >= 0.6 is 11.3 Å². The van der Waals surface area contributed by atoms with E-state index in [9.17, 15) is 9.59 Å². The average molecular weight is 420 g/mol. The van der Waals surface area contributed by atoms with E-state index in [1.54, 1.807) is 31.4 Å². The molecule has 0 bridgehead atoms. The lowest BCUT2D eigenvalue weighted by atomic mass is 10.1. The van der Waals surface area contributed by atoms with Crippen molar-refractivity contribution < 1.29 is 14.3 Å². The SMILES string of the molecule is CCOc1ccc(-c2csc3ncn(CC(=O)c4ccc(OC)cc4)c(=O)c23)cc1. The Labute approximate surface area is 177 Å². The first-order valence-corrected chi connectivity index (χ1v) is 10.4. The van der Waals surface area contributed by atoms with Crippen LogP contribution in [0.5, 0.6) is 11.5 Å². The van der Waals surface area contributed by atoms with Crippen molar-refractivity contribution in [3.05, 3.63) is 76.2 Å². The molecule has 0 atom stereocenters. The van der Waals surface area contributed by atoms with Crippen LogP contribution in [0.4, 0.5) is 0 Å². The second-order valence-corrected chi connectivity index (χ2v) is 7.47. The van der Waals surface area contributed by atoms with Gasteiger partial charge in [0.05, 0.1) is 32.0 Å². The molecule has 4 aromatic rings. The number of hydrogen-bond acceptors (Lipinski definition) is 6. The third kappa shape index (κ3) is 3.84. The van der Waals surface area contributed by atoms with Gasteiger partial charge in [-0.25, -0.2) is 4.98 Å². The number of Topliss-reactive ketones (excluding diaryl/α,β-unsaturated/α-hetero) is 1. The topological polar surface area (TPSA) is 70.4 Å². The molecule has 0 aliphatic rings. The van der Waals surface area contributed by atoms with Crippen molar-refractivity contribution in [3.8, 4) is 22.6 Å². The number of rotatable bonds is 7. The molecule has 0 N–H and O–H groups in total. The van der Waals surface area contributed by atoms with Crippen molar-refractivity contribution in [1.82, 2.24) is 9.55 Å². The predicted molar refractivity (Wildman–Crippen MR) is 118 cm³/mol. The minimum absolute atomic E-state index is 0.0767. The Morgan fingerprint density at radius 2 is 1.77 bits per heavy atom. The Morgan fingerprint density at radius 1 is 1.07 bits per heavy atom. The molecular weight excluding hydrogens is 400 g/mol. The highest BCUT2D eigenvalue weighted by Crippen LogP contribution is 2.31. The summed E-state index contributed by atoms with van der Waals surface area (Å²) in [5.41, 5.74) is 2.00. The first-order chi connectivity index (χ1) is 14.6. The average Bonchev–Trinajstić information content (AvgIpc) is 3.21. The monoisotopic (exact) mass is 420 g/mol. The molecule has 0 saturated carbocycles. The molecule has 0 aliphatic heterocycles. The summed E-state index contributed by atoms with van der Waals surface area (Å²) in [6.07, 6.45) is 1.44. The molecule has 2 aromatic heterocycles. The quantitative estimate of drug-likeness (QED) is 0.414. The fourth-order valence-corrected chi connectivity index (χ4v) is 4.12. The molecule has 2 heterocycles. The summed E-state index contributed by atoms with van der Waals surface area (Å²) >= 11 is 1.41. The smallest absolute Gasteiger partial charge is 0.263 e. The van der Waals surface area contributed by atoms with E-state index in [-0.39, 0.29) is 17.9 Å². The van der Waals surface area contributed by atoms with E-state index < -0.39 is 0 Å². The molecule has 6 nitrogen and oxygen atoms in total. The molecule has 30 heavy (non-hydrogen) atoms. The number of aromatic nitrogens is 2. The maximum Gasteiger partial charge on any atom is 0.263 e. The van der Waals surface area contributed by atoms with Gasteiger partial charge in [-0.3, -0.25) is 14.2 Å². The molecule has 4 rings (SSSR count). The maximum absolute atomic E-state index is 13.2. The zero-order valence-corrected chi connectivity index (χ0v) is 17.4. The Morgan fingerprint density at radius 3 is 2.43 bits per heavy atom. The van der Waals surface area contributed by atoms with Gasteiger partial charge in [0.25, 0.3) is 5.56 Å². The van der Waals surface area contributed by atoms with Crippen molar-refractivity contribution in [2.24, 2.45) is 0 Å². The summed E-state index contributed by atoms with van der Waals surface area (Å²) in [6, 6.07) is 14.4. The molecule has 0 radical (unpaired) electrons. The summed E-state index contributed by atoms with van der Waals surface area (Å²) in [6.45, 7) is 2.45. The fourth-order valence-electron chi connectivity index (χ4n) is 3.21. The van der Waals surface area contributed by atoms with Gasteiger partial charge in [0.2, 0.25) is 0 Å². The van der Waals surface area contributed by atoms with Crippen LogP contribution in [-0.4, -0.2) is 29.1 Å². The number of hydrogen-bond donors (Lipinski definition) is 0. The molecule has 0 fully saturated rings. The number of carbonyl (C=O) groups is 1.